The molecule has 0 aromatic heterocycles. The zero-order valence-corrected chi connectivity index (χ0v) is 12.8. The third-order valence-corrected chi connectivity index (χ3v) is 4.43. The molecule has 0 amide bonds. The van der Waals surface area contributed by atoms with Gasteiger partial charge in [0.25, 0.3) is 0 Å². The molecule has 1 unspecified atom stereocenters. The topological polar surface area (TPSA) is 49.5 Å². The molecule has 0 heterocycles. The molecule has 0 aliphatic heterocycles. The van der Waals surface area contributed by atoms with Gasteiger partial charge in [-0.25, -0.2) is 0 Å². The standard InChI is InChI=1S/C17H28N2O/c1-14-5-7-15(8-6-14)16(18)9-12-19(2)13-17(20)10-3-4-11-17/h5-8,16,20H,3-4,9-13,18H2,1-2H3. The number of aliphatic hydroxyl groups is 1. The summed E-state index contributed by atoms with van der Waals surface area (Å²) in [6.07, 6.45) is 5.14. The minimum Gasteiger partial charge on any atom is -0.389 e. The van der Waals surface area contributed by atoms with E-state index >= 15 is 0 Å². The molecule has 1 atom stereocenters. The van der Waals surface area contributed by atoms with Crippen LogP contribution in [0.2, 0.25) is 0 Å². The first-order chi connectivity index (χ1) is 9.48. The lowest BCUT2D eigenvalue weighted by Crippen LogP contribution is -2.40. The van der Waals surface area contributed by atoms with Crippen LogP contribution in [0, 0.1) is 6.92 Å². The van der Waals surface area contributed by atoms with Crippen LogP contribution >= 0.6 is 0 Å². The average Bonchev–Trinajstić information content (AvgIpc) is 2.83. The van der Waals surface area contributed by atoms with Crippen LogP contribution in [0.5, 0.6) is 0 Å². The van der Waals surface area contributed by atoms with Crippen LogP contribution in [0.4, 0.5) is 0 Å². The summed E-state index contributed by atoms with van der Waals surface area (Å²) in [7, 11) is 2.08. The van der Waals surface area contributed by atoms with E-state index in [1.807, 2.05) is 0 Å². The molecule has 1 aromatic carbocycles. The second-order valence-corrected chi connectivity index (χ2v) is 6.48. The van der Waals surface area contributed by atoms with E-state index < -0.39 is 5.60 Å². The lowest BCUT2D eigenvalue weighted by molar-refractivity contribution is 0.0158. The smallest absolute Gasteiger partial charge is 0.0774 e. The summed E-state index contributed by atoms with van der Waals surface area (Å²) in [6, 6.07) is 8.53. The van der Waals surface area contributed by atoms with Gasteiger partial charge in [-0.2, -0.15) is 0 Å². The van der Waals surface area contributed by atoms with Crippen LogP contribution in [0.1, 0.15) is 49.3 Å². The SMILES string of the molecule is Cc1ccc(C(N)CCN(C)CC2(O)CCCC2)cc1. The van der Waals surface area contributed by atoms with Crippen LogP contribution in [0.3, 0.4) is 0 Å². The highest BCUT2D eigenvalue weighted by Crippen LogP contribution is 2.30. The van der Waals surface area contributed by atoms with E-state index in [2.05, 4.69) is 43.1 Å². The van der Waals surface area contributed by atoms with Gasteiger partial charge < -0.3 is 15.7 Å². The molecule has 3 nitrogen and oxygen atoms in total. The predicted molar refractivity (Wildman–Crippen MR) is 83.6 cm³/mol. The van der Waals surface area contributed by atoms with Gasteiger partial charge in [0.1, 0.15) is 0 Å². The Kier molecular flexibility index (Phi) is 5.19. The maximum Gasteiger partial charge on any atom is 0.0774 e. The van der Waals surface area contributed by atoms with Gasteiger partial charge in [0.05, 0.1) is 5.60 Å². The second kappa shape index (κ2) is 6.70. The van der Waals surface area contributed by atoms with Gasteiger partial charge in [-0.15, -0.1) is 0 Å². The van der Waals surface area contributed by atoms with Crippen LogP contribution in [-0.4, -0.2) is 35.7 Å². The Bertz CT molecular complexity index is 410. The van der Waals surface area contributed by atoms with E-state index in [1.165, 1.54) is 11.1 Å². The van der Waals surface area contributed by atoms with Gasteiger partial charge in [-0.1, -0.05) is 42.7 Å². The Morgan fingerprint density at radius 2 is 1.85 bits per heavy atom. The summed E-state index contributed by atoms with van der Waals surface area (Å²) < 4.78 is 0. The lowest BCUT2D eigenvalue weighted by Gasteiger charge is -2.29. The number of benzene rings is 1. The van der Waals surface area contributed by atoms with Gasteiger partial charge in [0.2, 0.25) is 0 Å². The molecule has 1 aromatic rings. The highest BCUT2D eigenvalue weighted by atomic mass is 16.3. The molecule has 1 saturated carbocycles. The summed E-state index contributed by atoms with van der Waals surface area (Å²) in [6.45, 7) is 3.79. The zero-order valence-electron chi connectivity index (χ0n) is 12.8. The van der Waals surface area contributed by atoms with E-state index in [-0.39, 0.29) is 6.04 Å². The summed E-state index contributed by atoms with van der Waals surface area (Å²) in [5.41, 5.74) is 8.25. The Hall–Kier alpha value is -0.900. The fourth-order valence-electron chi connectivity index (χ4n) is 3.11. The first-order valence-electron chi connectivity index (χ1n) is 7.72. The molecule has 1 fully saturated rings. The second-order valence-electron chi connectivity index (χ2n) is 6.48. The van der Waals surface area contributed by atoms with Gasteiger partial charge in [-0.3, -0.25) is 0 Å². The molecule has 3 heteroatoms. The molecule has 0 bridgehead atoms. The third-order valence-electron chi connectivity index (χ3n) is 4.43. The predicted octanol–water partition coefficient (Wildman–Crippen LogP) is 2.62. The lowest BCUT2D eigenvalue weighted by atomic mass is 10.0. The number of rotatable bonds is 6. The Morgan fingerprint density at radius 1 is 1.25 bits per heavy atom. The maximum absolute atomic E-state index is 10.4. The van der Waals surface area contributed by atoms with Gasteiger partial charge >= 0.3 is 0 Å². The van der Waals surface area contributed by atoms with Crippen molar-refractivity contribution in [2.45, 2.75) is 50.7 Å². The molecular weight excluding hydrogens is 248 g/mol. The maximum atomic E-state index is 10.4. The largest absolute Gasteiger partial charge is 0.389 e. The fourth-order valence-corrected chi connectivity index (χ4v) is 3.11. The molecule has 0 spiro atoms. The zero-order chi connectivity index (χ0) is 14.6. The number of nitrogens with zero attached hydrogens (tertiary/aromatic N) is 1. The van der Waals surface area contributed by atoms with E-state index in [0.29, 0.717) is 0 Å². The first-order valence-corrected chi connectivity index (χ1v) is 7.72. The van der Waals surface area contributed by atoms with Crippen molar-refractivity contribution in [2.24, 2.45) is 5.73 Å². The number of nitrogens with two attached hydrogens (primary N) is 1. The van der Waals surface area contributed by atoms with Gasteiger partial charge in [0.15, 0.2) is 0 Å². The molecule has 0 saturated heterocycles. The quantitative estimate of drug-likeness (QED) is 0.839. The first kappa shape index (κ1) is 15.5. The minimum absolute atomic E-state index is 0.0799. The molecular formula is C17H28N2O. The number of aryl methyl sites for hydroxylation is 1. The van der Waals surface area contributed by atoms with Crippen molar-refractivity contribution in [1.82, 2.24) is 4.90 Å². The number of likely N-dealkylation sites (N-methyl/N-ethyl adjacent to an activating group) is 1. The summed E-state index contributed by atoms with van der Waals surface area (Å²) in [4.78, 5) is 2.22. The van der Waals surface area contributed by atoms with Crippen LogP contribution in [0.25, 0.3) is 0 Å². The Labute approximate surface area is 122 Å². The number of hydrogen-bond acceptors (Lipinski definition) is 3. The van der Waals surface area contributed by atoms with Crippen LogP contribution in [0.15, 0.2) is 24.3 Å². The molecule has 0 radical (unpaired) electrons. The van der Waals surface area contributed by atoms with Gasteiger partial charge in [0, 0.05) is 12.6 Å². The number of hydrogen-bond donors (Lipinski definition) is 2. The normalized spacial score (nSPS) is 19.4. The van der Waals surface area contributed by atoms with E-state index in [0.717, 1.165) is 45.2 Å². The van der Waals surface area contributed by atoms with E-state index in [1.54, 1.807) is 0 Å². The van der Waals surface area contributed by atoms with E-state index in [9.17, 15) is 5.11 Å². The summed E-state index contributed by atoms with van der Waals surface area (Å²) in [5.74, 6) is 0. The van der Waals surface area contributed by atoms with Crippen molar-refractivity contribution in [1.29, 1.82) is 0 Å². The van der Waals surface area contributed by atoms with Crippen molar-refractivity contribution >= 4 is 0 Å². The molecule has 20 heavy (non-hydrogen) atoms. The van der Waals surface area contributed by atoms with E-state index in [4.69, 9.17) is 5.73 Å². The summed E-state index contributed by atoms with van der Waals surface area (Å²) >= 11 is 0. The van der Waals surface area contributed by atoms with Crippen molar-refractivity contribution in [3.05, 3.63) is 35.4 Å². The monoisotopic (exact) mass is 276 g/mol. The molecule has 1 aliphatic rings. The molecule has 2 rings (SSSR count). The molecule has 3 N–H and O–H groups in total. The average molecular weight is 276 g/mol. The van der Waals surface area contributed by atoms with Crippen molar-refractivity contribution in [3.8, 4) is 0 Å². The summed E-state index contributed by atoms with van der Waals surface area (Å²) in [5, 5.41) is 10.4. The highest BCUT2D eigenvalue weighted by molar-refractivity contribution is 5.23. The Morgan fingerprint density at radius 3 is 2.45 bits per heavy atom. The Balaban J connectivity index is 1.77. The van der Waals surface area contributed by atoms with Crippen molar-refractivity contribution in [2.75, 3.05) is 20.1 Å². The van der Waals surface area contributed by atoms with Crippen molar-refractivity contribution in [3.63, 3.8) is 0 Å². The third kappa shape index (κ3) is 4.30. The fraction of sp³-hybridized carbons (Fsp3) is 0.647. The van der Waals surface area contributed by atoms with Crippen LogP contribution in [-0.2, 0) is 0 Å². The minimum atomic E-state index is -0.456. The van der Waals surface area contributed by atoms with Gasteiger partial charge in [-0.05, 0) is 45.3 Å². The van der Waals surface area contributed by atoms with Crippen molar-refractivity contribution < 1.29 is 5.11 Å². The molecule has 112 valence electrons. The van der Waals surface area contributed by atoms with Crippen LogP contribution < -0.4 is 5.73 Å². The molecule has 1 aliphatic carbocycles. The highest BCUT2D eigenvalue weighted by Gasteiger charge is 2.32.